The number of benzene rings is 1. The molecule has 0 aliphatic rings. The van der Waals surface area contributed by atoms with Gasteiger partial charge < -0.3 is 20.9 Å². The fourth-order valence-corrected chi connectivity index (χ4v) is 2.23. The van der Waals surface area contributed by atoms with Crippen LogP contribution in [0, 0.1) is 0 Å². The van der Waals surface area contributed by atoms with Crippen LogP contribution >= 0.6 is 0 Å². The molecular weight excluding hydrogens is 308 g/mol. The smallest absolute Gasteiger partial charge is 0.279 e. The number of hydrogen-bond donors (Lipinski definition) is 4. The van der Waals surface area contributed by atoms with Crippen LogP contribution in [0.2, 0.25) is 0 Å². The zero-order valence-corrected chi connectivity index (χ0v) is 14.7. The summed E-state index contributed by atoms with van der Waals surface area (Å²) in [7, 11) is 1.55. The van der Waals surface area contributed by atoms with Crippen LogP contribution in [0.25, 0.3) is 0 Å². The molecule has 1 unspecified atom stereocenters. The highest BCUT2D eigenvalue weighted by molar-refractivity contribution is 5.97. The summed E-state index contributed by atoms with van der Waals surface area (Å²) < 4.78 is 0. The van der Waals surface area contributed by atoms with E-state index in [0.29, 0.717) is 17.8 Å². The van der Waals surface area contributed by atoms with Crippen molar-refractivity contribution in [1.29, 1.82) is 0 Å². The summed E-state index contributed by atoms with van der Waals surface area (Å²) in [6, 6.07) is 6.81. The van der Waals surface area contributed by atoms with E-state index in [1.807, 2.05) is 20.8 Å². The highest BCUT2D eigenvalue weighted by Crippen LogP contribution is 2.10. The van der Waals surface area contributed by atoms with Gasteiger partial charge in [0.1, 0.15) is 0 Å². The largest absolute Gasteiger partial charge is 0.355 e. The van der Waals surface area contributed by atoms with Gasteiger partial charge in [0.15, 0.2) is 13.1 Å². The Morgan fingerprint density at radius 2 is 1.79 bits per heavy atom. The highest BCUT2D eigenvalue weighted by atomic mass is 16.2. The first-order valence-electron chi connectivity index (χ1n) is 8.10. The molecule has 0 spiro atoms. The number of anilines is 1. The van der Waals surface area contributed by atoms with Crippen LogP contribution in [0.1, 0.15) is 31.1 Å². The van der Waals surface area contributed by atoms with E-state index in [0.717, 1.165) is 4.90 Å². The van der Waals surface area contributed by atoms with Crippen molar-refractivity contribution in [2.24, 2.45) is 0 Å². The molecule has 0 aromatic heterocycles. The van der Waals surface area contributed by atoms with Crippen LogP contribution in [0.4, 0.5) is 5.69 Å². The normalized spacial score (nSPS) is 11.7. The van der Waals surface area contributed by atoms with Crippen LogP contribution in [0.3, 0.4) is 0 Å². The number of nitrogens with one attached hydrogen (secondary N) is 4. The molecule has 0 aliphatic heterocycles. The van der Waals surface area contributed by atoms with Crippen molar-refractivity contribution in [3.63, 3.8) is 0 Å². The van der Waals surface area contributed by atoms with Gasteiger partial charge in [0.2, 0.25) is 0 Å². The average molecular weight is 335 g/mol. The van der Waals surface area contributed by atoms with Crippen LogP contribution in [-0.4, -0.2) is 50.4 Å². The Kier molecular flexibility index (Phi) is 7.91. The molecule has 0 saturated heterocycles. The fourth-order valence-electron chi connectivity index (χ4n) is 2.23. The number of amides is 3. The van der Waals surface area contributed by atoms with E-state index in [1.165, 1.54) is 0 Å². The van der Waals surface area contributed by atoms with Crippen LogP contribution in [0.5, 0.6) is 0 Å². The van der Waals surface area contributed by atoms with Gasteiger partial charge in [-0.25, -0.2) is 0 Å². The number of quaternary nitrogens is 1. The lowest BCUT2D eigenvalue weighted by Gasteiger charge is -2.18. The standard InChI is InChI=1S/C17H26N4O3/c1-5-21(10-15(22)19-12(2)3)11-16(23)20-14-8-6-7-13(9-14)17(24)18-4/h6-9,12H,5,10-11H2,1-4H3,(H,18,24)(H,19,22)(H,20,23)/p+1. The van der Waals surface area contributed by atoms with Crippen molar-refractivity contribution in [3.8, 4) is 0 Å². The maximum Gasteiger partial charge on any atom is 0.279 e. The molecule has 1 aromatic carbocycles. The number of rotatable bonds is 8. The topological polar surface area (TPSA) is 91.7 Å². The van der Waals surface area contributed by atoms with E-state index >= 15 is 0 Å². The number of carbonyl (C=O) groups excluding carboxylic acids is 3. The number of carbonyl (C=O) groups is 3. The van der Waals surface area contributed by atoms with Crippen LogP contribution in [-0.2, 0) is 9.59 Å². The zero-order valence-electron chi connectivity index (χ0n) is 14.7. The van der Waals surface area contributed by atoms with Crippen molar-refractivity contribution in [1.82, 2.24) is 10.6 Å². The second-order valence-corrected chi connectivity index (χ2v) is 5.89. The van der Waals surface area contributed by atoms with Crippen molar-refractivity contribution in [2.75, 3.05) is 32.0 Å². The van der Waals surface area contributed by atoms with Crippen molar-refractivity contribution in [3.05, 3.63) is 29.8 Å². The molecule has 0 saturated carbocycles. The van der Waals surface area contributed by atoms with Crippen molar-refractivity contribution < 1.29 is 19.3 Å². The van der Waals surface area contributed by atoms with Gasteiger partial charge in [-0.2, -0.15) is 0 Å². The third-order valence-electron chi connectivity index (χ3n) is 3.41. The van der Waals surface area contributed by atoms with E-state index in [1.54, 1.807) is 31.3 Å². The molecule has 7 heteroatoms. The Morgan fingerprint density at radius 3 is 2.38 bits per heavy atom. The van der Waals surface area contributed by atoms with Gasteiger partial charge in [0.05, 0.1) is 6.54 Å². The van der Waals surface area contributed by atoms with Gasteiger partial charge in [-0.15, -0.1) is 0 Å². The van der Waals surface area contributed by atoms with E-state index in [-0.39, 0.29) is 36.9 Å². The first kappa shape index (κ1) is 19.6. The Bertz CT molecular complexity index is 587. The molecule has 24 heavy (non-hydrogen) atoms. The summed E-state index contributed by atoms with van der Waals surface area (Å²) in [5, 5.41) is 8.13. The third-order valence-corrected chi connectivity index (χ3v) is 3.41. The molecule has 1 aromatic rings. The van der Waals surface area contributed by atoms with E-state index in [9.17, 15) is 14.4 Å². The molecule has 132 valence electrons. The summed E-state index contributed by atoms with van der Waals surface area (Å²) in [6.07, 6.45) is 0. The fraction of sp³-hybridized carbons (Fsp3) is 0.471. The summed E-state index contributed by atoms with van der Waals surface area (Å²) in [4.78, 5) is 36.5. The molecule has 4 N–H and O–H groups in total. The lowest BCUT2D eigenvalue weighted by molar-refractivity contribution is -0.881. The average Bonchev–Trinajstić information content (AvgIpc) is 2.52. The molecule has 0 bridgehead atoms. The SMILES string of the molecule is CC[NH+](CC(=O)Nc1cccc(C(=O)NC)c1)CC(=O)NC(C)C. The van der Waals surface area contributed by atoms with Crippen LogP contribution < -0.4 is 20.9 Å². The van der Waals surface area contributed by atoms with Gasteiger partial charge in [-0.3, -0.25) is 14.4 Å². The monoisotopic (exact) mass is 335 g/mol. The molecule has 0 fully saturated rings. The third kappa shape index (κ3) is 6.78. The van der Waals surface area contributed by atoms with Crippen molar-refractivity contribution >= 4 is 23.4 Å². The van der Waals surface area contributed by atoms with Gasteiger partial charge in [-0.1, -0.05) is 6.07 Å². The molecular formula is C17H27N4O3+. The molecule has 3 amide bonds. The van der Waals surface area contributed by atoms with E-state index in [2.05, 4.69) is 16.0 Å². The maximum absolute atomic E-state index is 12.2. The predicted molar refractivity (Wildman–Crippen MR) is 93.0 cm³/mol. The molecule has 1 rings (SSSR count). The number of likely N-dealkylation sites (N-methyl/N-ethyl adjacent to an activating group) is 1. The first-order valence-corrected chi connectivity index (χ1v) is 8.10. The molecule has 0 aliphatic carbocycles. The number of hydrogen-bond acceptors (Lipinski definition) is 3. The zero-order chi connectivity index (χ0) is 18.1. The first-order chi connectivity index (χ1) is 11.3. The maximum atomic E-state index is 12.2. The second-order valence-electron chi connectivity index (χ2n) is 5.89. The summed E-state index contributed by atoms with van der Waals surface area (Å²) in [5.74, 6) is -0.480. The Balaban J connectivity index is 2.60. The molecule has 7 nitrogen and oxygen atoms in total. The Labute approximate surface area is 142 Å². The Hall–Kier alpha value is -2.41. The van der Waals surface area contributed by atoms with Gasteiger partial charge in [-0.05, 0) is 39.0 Å². The van der Waals surface area contributed by atoms with E-state index < -0.39 is 0 Å². The summed E-state index contributed by atoms with van der Waals surface area (Å²) in [5.41, 5.74) is 1.04. The summed E-state index contributed by atoms with van der Waals surface area (Å²) >= 11 is 0. The molecule has 1 atom stereocenters. The quantitative estimate of drug-likeness (QED) is 0.512. The lowest BCUT2D eigenvalue weighted by Crippen LogP contribution is -3.14. The minimum atomic E-state index is -0.211. The van der Waals surface area contributed by atoms with Gasteiger partial charge in [0.25, 0.3) is 17.7 Å². The Morgan fingerprint density at radius 1 is 1.12 bits per heavy atom. The minimum Gasteiger partial charge on any atom is -0.355 e. The second kappa shape index (κ2) is 9.67. The minimum absolute atomic E-state index is 0.0729. The van der Waals surface area contributed by atoms with Crippen LogP contribution in [0.15, 0.2) is 24.3 Å². The predicted octanol–water partition coefficient (Wildman–Crippen LogP) is -0.586. The van der Waals surface area contributed by atoms with E-state index in [4.69, 9.17) is 0 Å². The van der Waals surface area contributed by atoms with Gasteiger partial charge in [0, 0.05) is 24.3 Å². The highest BCUT2D eigenvalue weighted by Gasteiger charge is 2.17. The lowest BCUT2D eigenvalue weighted by atomic mass is 10.2. The summed E-state index contributed by atoms with van der Waals surface area (Å²) in [6.45, 7) is 6.83. The molecule has 0 heterocycles. The van der Waals surface area contributed by atoms with Crippen molar-refractivity contribution in [2.45, 2.75) is 26.8 Å². The van der Waals surface area contributed by atoms with Gasteiger partial charge >= 0.3 is 0 Å². The molecule has 0 radical (unpaired) electrons.